The lowest BCUT2D eigenvalue weighted by atomic mass is 9.73. The van der Waals surface area contributed by atoms with E-state index in [1.807, 2.05) is 24.3 Å². The maximum absolute atomic E-state index is 6.02. The van der Waals surface area contributed by atoms with Crippen LogP contribution in [0.15, 0.2) is 36.7 Å². The van der Waals surface area contributed by atoms with Crippen LogP contribution in [0.25, 0.3) is 15.8 Å². The third-order valence-corrected chi connectivity index (χ3v) is 6.07. The smallest absolute Gasteiger partial charge is 0.222 e. The summed E-state index contributed by atoms with van der Waals surface area (Å²) in [6.07, 6.45) is 7.21. The SMILES string of the molecule is CC(C)(C)C1CC=C(c2cc(Oc3cccc4sc(N)nc34)ncn2)CC1. The highest BCUT2D eigenvalue weighted by Crippen LogP contribution is 2.40. The number of aromatic nitrogens is 3. The van der Waals surface area contributed by atoms with E-state index in [2.05, 4.69) is 41.8 Å². The number of thiazole rings is 1. The molecule has 0 amide bonds. The van der Waals surface area contributed by atoms with Crippen LogP contribution in [0.4, 0.5) is 5.13 Å². The van der Waals surface area contributed by atoms with Crippen molar-refractivity contribution >= 4 is 32.3 Å². The van der Waals surface area contributed by atoms with Crippen molar-refractivity contribution in [3.63, 3.8) is 0 Å². The van der Waals surface area contributed by atoms with Gasteiger partial charge >= 0.3 is 0 Å². The van der Waals surface area contributed by atoms with Crippen LogP contribution in [0.5, 0.6) is 11.6 Å². The van der Waals surface area contributed by atoms with Gasteiger partial charge in [0, 0.05) is 6.07 Å². The summed E-state index contributed by atoms with van der Waals surface area (Å²) >= 11 is 1.45. The molecule has 140 valence electrons. The summed E-state index contributed by atoms with van der Waals surface area (Å²) in [6.45, 7) is 6.96. The molecule has 1 unspecified atom stereocenters. The molecule has 1 atom stereocenters. The van der Waals surface area contributed by atoms with Gasteiger partial charge in [-0.25, -0.2) is 15.0 Å². The second-order valence-electron chi connectivity index (χ2n) is 8.07. The Hall–Kier alpha value is -2.47. The van der Waals surface area contributed by atoms with E-state index in [9.17, 15) is 0 Å². The molecule has 2 N–H and O–H groups in total. The molecule has 0 saturated carbocycles. The molecule has 2 aromatic heterocycles. The van der Waals surface area contributed by atoms with E-state index in [1.165, 1.54) is 23.3 Å². The first-order valence-corrected chi connectivity index (χ1v) is 10.1. The molecule has 0 fully saturated rings. The lowest BCUT2D eigenvalue weighted by Crippen LogP contribution is -2.22. The van der Waals surface area contributed by atoms with Gasteiger partial charge in [0.2, 0.25) is 5.88 Å². The first-order valence-electron chi connectivity index (χ1n) is 9.24. The van der Waals surface area contributed by atoms with Gasteiger partial charge in [0.05, 0.1) is 10.4 Å². The van der Waals surface area contributed by atoms with Gasteiger partial charge in [-0.2, -0.15) is 0 Å². The van der Waals surface area contributed by atoms with Crippen LogP contribution in [0.3, 0.4) is 0 Å². The average Bonchev–Trinajstić information content (AvgIpc) is 3.03. The zero-order chi connectivity index (χ0) is 19.0. The number of para-hydroxylation sites is 1. The number of fused-ring (bicyclic) bond motifs is 1. The Labute approximate surface area is 163 Å². The molecule has 1 aliphatic rings. The molecule has 0 saturated heterocycles. The number of hydrogen-bond acceptors (Lipinski definition) is 6. The van der Waals surface area contributed by atoms with Crippen molar-refractivity contribution in [2.45, 2.75) is 40.0 Å². The lowest BCUT2D eigenvalue weighted by Gasteiger charge is -2.33. The second-order valence-corrected chi connectivity index (χ2v) is 9.13. The van der Waals surface area contributed by atoms with Gasteiger partial charge < -0.3 is 10.5 Å². The monoisotopic (exact) mass is 380 g/mol. The molecule has 1 aromatic carbocycles. The van der Waals surface area contributed by atoms with Gasteiger partial charge in [0.25, 0.3) is 0 Å². The maximum atomic E-state index is 6.02. The fraction of sp³-hybridized carbons (Fsp3) is 0.381. The molecule has 3 aromatic rings. The summed E-state index contributed by atoms with van der Waals surface area (Å²) in [7, 11) is 0. The fourth-order valence-electron chi connectivity index (χ4n) is 3.56. The molecule has 6 heteroatoms. The molecule has 2 heterocycles. The minimum atomic E-state index is 0.343. The quantitative estimate of drug-likeness (QED) is 0.632. The number of rotatable bonds is 3. The molecule has 5 nitrogen and oxygen atoms in total. The fourth-order valence-corrected chi connectivity index (χ4v) is 4.31. The highest BCUT2D eigenvalue weighted by molar-refractivity contribution is 7.22. The number of hydrogen-bond donors (Lipinski definition) is 1. The maximum Gasteiger partial charge on any atom is 0.222 e. The minimum absolute atomic E-state index is 0.343. The molecular weight excluding hydrogens is 356 g/mol. The molecule has 27 heavy (non-hydrogen) atoms. The van der Waals surface area contributed by atoms with Crippen LogP contribution in [0.2, 0.25) is 0 Å². The van der Waals surface area contributed by atoms with Crippen LogP contribution >= 0.6 is 11.3 Å². The van der Waals surface area contributed by atoms with Crippen LogP contribution in [0, 0.1) is 11.3 Å². The molecule has 4 rings (SSSR count). The van der Waals surface area contributed by atoms with Crippen molar-refractivity contribution in [3.8, 4) is 11.6 Å². The largest absolute Gasteiger partial charge is 0.437 e. The van der Waals surface area contributed by atoms with E-state index in [4.69, 9.17) is 10.5 Å². The summed E-state index contributed by atoms with van der Waals surface area (Å²) < 4.78 is 7.02. The number of ether oxygens (including phenoxy) is 1. The number of benzene rings is 1. The van der Waals surface area contributed by atoms with Crippen molar-refractivity contribution in [3.05, 3.63) is 42.4 Å². The standard InChI is InChI=1S/C21H24N4OS/c1-21(2,3)14-9-7-13(8-10-14)15-11-18(24-12-23-15)26-16-5-4-6-17-19(16)25-20(22)27-17/h4-7,11-12,14H,8-10H2,1-3H3,(H2,22,25). The number of nitrogens with zero attached hydrogens (tertiary/aromatic N) is 3. The van der Waals surface area contributed by atoms with E-state index < -0.39 is 0 Å². The topological polar surface area (TPSA) is 73.9 Å². The summed E-state index contributed by atoms with van der Waals surface area (Å²) in [4.78, 5) is 13.1. The number of nitrogen functional groups attached to an aromatic ring is 1. The van der Waals surface area contributed by atoms with Gasteiger partial charge in [-0.1, -0.05) is 44.3 Å². The predicted octanol–water partition coefficient (Wildman–Crippen LogP) is 5.69. The third-order valence-electron chi connectivity index (χ3n) is 5.22. The van der Waals surface area contributed by atoms with Crippen molar-refractivity contribution in [1.82, 2.24) is 15.0 Å². The number of nitrogens with two attached hydrogens (primary N) is 1. The highest BCUT2D eigenvalue weighted by atomic mass is 32.1. The average molecular weight is 381 g/mol. The van der Waals surface area contributed by atoms with E-state index in [-0.39, 0.29) is 0 Å². The summed E-state index contributed by atoms with van der Waals surface area (Å²) in [5.74, 6) is 1.90. The Balaban J connectivity index is 1.57. The van der Waals surface area contributed by atoms with Gasteiger partial charge in [-0.15, -0.1) is 0 Å². The van der Waals surface area contributed by atoms with Crippen LogP contribution in [-0.4, -0.2) is 15.0 Å². The summed E-state index contributed by atoms with van der Waals surface area (Å²) in [6, 6.07) is 7.72. The van der Waals surface area contributed by atoms with Gasteiger partial charge in [-0.05, 0) is 48.3 Å². The van der Waals surface area contributed by atoms with Crippen LogP contribution in [-0.2, 0) is 0 Å². The Morgan fingerprint density at radius 1 is 1.22 bits per heavy atom. The Morgan fingerprint density at radius 3 is 2.81 bits per heavy atom. The van der Waals surface area contributed by atoms with Gasteiger partial charge in [0.1, 0.15) is 11.8 Å². The molecular formula is C21H24N4OS. The van der Waals surface area contributed by atoms with E-state index >= 15 is 0 Å². The first-order chi connectivity index (χ1) is 12.9. The Morgan fingerprint density at radius 2 is 2.07 bits per heavy atom. The zero-order valence-corrected chi connectivity index (χ0v) is 16.7. The minimum Gasteiger partial charge on any atom is -0.437 e. The molecule has 0 bridgehead atoms. The van der Waals surface area contributed by atoms with E-state index in [0.29, 0.717) is 28.1 Å². The summed E-state index contributed by atoms with van der Waals surface area (Å²) in [5, 5.41) is 0.533. The first kappa shape index (κ1) is 17.9. The van der Waals surface area contributed by atoms with Gasteiger partial charge in [0.15, 0.2) is 10.9 Å². The summed E-state index contributed by atoms with van der Waals surface area (Å²) in [5.41, 5.74) is 9.17. The Bertz CT molecular complexity index is 1000. The number of anilines is 1. The Kier molecular flexibility index (Phi) is 4.60. The predicted molar refractivity (Wildman–Crippen MR) is 111 cm³/mol. The van der Waals surface area contributed by atoms with E-state index in [0.717, 1.165) is 28.8 Å². The third kappa shape index (κ3) is 3.81. The van der Waals surface area contributed by atoms with Crippen LogP contribution < -0.4 is 10.5 Å². The van der Waals surface area contributed by atoms with Crippen molar-refractivity contribution in [2.75, 3.05) is 5.73 Å². The molecule has 0 spiro atoms. The molecule has 0 radical (unpaired) electrons. The molecule has 1 aliphatic carbocycles. The lowest BCUT2D eigenvalue weighted by molar-refractivity contribution is 0.225. The highest BCUT2D eigenvalue weighted by Gasteiger charge is 2.26. The number of allylic oxidation sites excluding steroid dienone is 2. The van der Waals surface area contributed by atoms with Gasteiger partial charge in [-0.3, -0.25) is 0 Å². The molecule has 0 aliphatic heterocycles. The van der Waals surface area contributed by atoms with Crippen molar-refractivity contribution < 1.29 is 4.74 Å². The second kappa shape index (κ2) is 6.93. The van der Waals surface area contributed by atoms with Crippen molar-refractivity contribution in [1.29, 1.82) is 0 Å². The van der Waals surface area contributed by atoms with Crippen molar-refractivity contribution in [2.24, 2.45) is 11.3 Å². The van der Waals surface area contributed by atoms with E-state index in [1.54, 1.807) is 6.33 Å². The normalized spacial score (nSPS) is 17.7. The van der Waals surface area contributed by atoms with Crippen LogP contribution in [0.1, 0.15) is 45.7 Å². The zero-order valence-electron chi connectivity index (χ0n) is 15.9.